The molecule has 0 fully saturated rings. The van der Waals surface area contributed by atoms with Gasteiger partial charge < -0.3 is 15.0 Å². The van der Waals surface area contributed by atoms with Gasteiger partial charge in [0.25, 0.3) is 0 Å². The van der Waals surface area contributed by atoms with Crippen LogP contribution in [0.1, 0.15) is 32.8 Å². The Hall–Kier alpha value is -2.16. The molecule has 122 valence electrons. The van der Waals surface area contributed by atoms with Crippen LogP contribution in [0.3, 0.4) is 0 Å². The summed E-state index contributed by atoms with van der Waals surface area (Å²) in [5.74, 6) is 0.898. The lowest BCUT2D eigenvalue weighted by Crippen LogP contribution is -2.24. The van der Waals surface area contributed by atoms with Crippen molar-refractivity contribution in [3.63, 3.8) is 0 Å². The lowest BCUT2D eigenvalue weighted by atomic mass is 10.0. The Labute approximate surface area is 139 Å². The highest BCUT2D eigenvalue weighted by atomic mass is 16.5. The van der Waals surface area contributed by atoms with Gasteiger partial charge in [0.2, 0.25) is 0 Å². The molecule has 0 radical (unpaired) electrons. The molecular weight excluding hydrogens is 284 g/mol. The zero-order chi connectivity index (χ0) is 16.4. The maximum atomic E-state index is 5.86. The van der Waals surface area contributed by atoms with Crippen molar-refractivity contribution >= 4 is 17.1 Å². The Morgan fingerprint density at radius 2 is 1.70 bits per heavy atom. The van der Waals surface area contributed by atoms with Crippen LogP contribution in [-0.4, -0.2) is 19.2 Å². The van der Waals surface area contributed by atoms with Gasteiger partial charge >= 0.3 is 0 Å². The number of anilines is 3. The maximum Gasteiger partial charge on any atom is 0.120 e. The van der Waals surface area contributed by atoms with Crippen molar-refractivity contribution in [2.24, 2.45) is 0 Å². The largest absolute Gasteiger partial charge is 0.488 e. The molecule has 0 saturated heterocycles. The highest BCUT2D eigenvalue weighted by Crippen LogP contribution is 2.30. The van der Waals surface area contributed by atoms with Crippen LogP contribution in [0.25, 0.3) is 0 Å². The molecule has 3 heteroatoms. The van der Waals surface area contributed by atoms with Crippen molar-refractivity contribution in [1.82, 2.24) is 0 Å². The molecule has 0 bridgehead atoms. The first kappa shape index (κ1) is 15.7. The zero-order valence-electron chi connectivity index (χ0n) is 14.5. The minimum Gasteiger partial charge on any atom is -0.488 e. The van der Waals surface area contributed by atoms with E-state index in [1.807, 2.05) is 12.1 Å². The molecule has 0 atom stereocenters. The number of nitrogens with zero attached hydrogens (tertiary/aromatic N) is 1. The van der Waals surface area contributed by atoms with Gasteiger partial charge in [-0.3, -0.25) is 0 Å². The number of nitrogens with one attached hydrogen (secondary N) is 1. The molecule has 0 amide bonds. The van der Waals surface area contributed by atoms with Gasteiger partial charge in [-0.05, 0) is 81.6 Å². The van der Waals surface area contributed by atoms with Crippen LogP contribution in [0.2, 0.25) is 0 Å². The Morgan fingerprint density at radius 1 is 1.00 bits per heavy atom. The Kier molecular flexibility index (Phi) is 4.20. The molecule has 1 aliphatic heterocycles. The summed E-state index contributed by atoms with van der Waals surface area (Å²) in [6.45, 7) is 7.32. The van der Waals surface area contributed by atoms with Crippen molar-refractivity contribution in [2.75, 3.05) is 23.8 Å². The van der Waals surface area contributed by atoms with Crippen molar-refractivity contribution in [1.29, 1.82) is 0 Å². The van der Waals surface area contributed by atoms with E-state index in [-0.39, 0.29) is 5.60 Å². The second kappa shape index (κ2) is 6.15. The topological polar surface area (TPSA) is 24.5 Å². The third-order valence-electron chi connectivity index (χ3n) is 4.00. The van der Waals surface area contributed by atoms with Gasteiger partial charge in [0.15, 0.2) is 0 Å². The summed E-state index contributed by atoms with van der Waals surface area (Å²) in [6, 6.07) is 14.8. The van der Waals surface area contributed by atoms with E-state index in [4.69, 9.17) is 4.74 Å². The van der Waals surface area contributed by atoms with Gasteiger partial charge in [-0.2, -0.15) is 0 Å². The first-order chi connectivity index (χ1) is 10.9. The third kappa shape index (κ3) is 3.98. The summed E-state index contributed by atoms with van der Waals surface area (Å²) in [5, 5.41) is 3.48. The number of hydrogen-bond acceptors (Lipinski definition) is 3. The summed E-state index contributed by atoms with van der Waals surface area (Å²) in [6.07, 6.45) is 2.39. The summed E-state index contributed by atoms with van der Waals surface area (Å²) in [5.41, 5.74) is 4.84. The lowest BCUT2D eigenvalue weighted by Gasteiger charge is -2.28. The Balaban J connectivity index is 1.72. The summed E-state index contributed by atoms with van der Waals surface area (Å²) < 4.78 is 5.86. The molecule has 0 spiro atoms. The second-order valence-corrected chi connectivity index (χ2v) is 7.23. The van der Waals surface area contributed by atoms with Crippen LogP contribution in [0, 0.1) is 0 Å². The predicted molar refractivity (Wildman–Crippen MR) is 98.1 cm³/mol. The first-order valence-electron chi connectivity index (χ1n) is 8.31. The Bertz CT molecular complexity index is 671. The van der Waals surface area contributed by atoms with Gasteiger partial charge in [0.1, 0.15) is 11.4 Å². The standard InChI is InChI=1S/C20H26N2O/c1-20(2,3)23-18-10-7-16(8-11-18)21-17-9-12-19-15(14-17)6-5-13-22(19)4/h7-12,14,21H,5-6,13H2,1-4H3. The Morgan fingerprint density at radius 3 is 2.39 bits per heavy atom. The van der Waals surface area contributed by atoms with Gasteiger partial charge in [-0.15, -0.1) is 0 Å². The van der Waals surface area contributed by atoms with Crippen LogP contribution in [0.15, 0.2) is 42.5 Å². The van der Waals surface area contributed by atoms with E-state index in [1.54, 1.807) is 0 Å². The first-order valence-corrected chi connectivity index (χ1v) is 8.31. The van der Waals surface area contributed by atoms with E-state index in [2.05, 4.69) is 68.4 Å². The summed E-state index contributed by atoms with van der Waals surface area (Å²) in [7, 11) is 2.17. The number of rotatable bonds is 3. The monoisotopic (exact) mass is 310 g/mol. The van der Waals surface area contributed by atoms with Crippen LogP contribution in [0.4, 0.5) is 17.1 Å². The molecule has 23 heavy (non-hydrogen) atoms. The van der Waals surface area contributed by atoms with E-state index in [0.29, 0.717) is 0 Å². The fourth-order valence-corrected chi connectivity index (χ4v) is 2.99. The SMILES string of the molecule is CN1CCCc2cc(Nc3ccc(OC(C)(C)C)cc3)ccc21. The van der Waals surface area contributed by atoms with Crippen LogP contribution >= 0.6 is 0 Å². The highest BCUT2D eigenvalue weighted by Gasteiger charge is 2.14. The molecule has 3 rings (SSSR count). The van der Waals surface area contributed by atoms with E-state index in [1.165, 1.54) is 17.7 Å². The van der Waals surface area contributed by atoms with Gasteiger partial charge in [0, 0.05) is 30.7 Å². The smallest absolute Gasteiger partial charge is 0.120 e. The molecule has 3 nitrogen and oxygen atoms in total. The maximum absolute atomic E-state index is 5.86. The normalized spacial score (nSPS) is 14.3. The minimum absolute atomic E-state index is 0.167. The van der Waals surface area contributed by atoms with Gasteiger partial charge in [-0.1, -0.05) is 0 Å². The van der Waals surface area contributed by atoms with Crippen LogP contribution < -0.4 is 15.0 Å². The summed E-state index contributed by atoms with van der Waals surface area (Å²) >= 11 is 0. The molecule has 2 aromatic rings. The van der Waals surface area contributed by atoms with Crippen molar-refractivity contribution in [2.45, 2.75) is 39.2 Å². The summed E-state index contributed by atoms with van der Waals surface area (Å²) in [4.78, 5) is 2.33. The molecule has 1 aliphatic rings. The molecule has 1 N–H and O–H groups in total. The predicted octanol–water partition coefficient (Wildman–Crippen LogP) is 4.99. The molecule has 0 unspecified atom stereocenters. The molecule has 2 aromatic carbocycles. The average Bonchev–Trinajstić information content (AvgIpc) is 2.48. The molecule has 0 saturated carbocycles. The van der Waals surface area contributed by atoms with Crippen molar-refractivity contribution in [3.05, 3.63) is 48.0 Å². The fourth-order valence-electron chi connectivity index (χ4n) is 2.99. The average molecular weight is 310 g/mol. The second-order valence-electron chi connectivity index (χ2n) is 7.23. The van der Waals surface area contributed by atoms with E-state index < -0.39 is 0 Å². The van der Waals surface area contributed by atoms with E-state index in [9.17, 15) is 0 Å². The number of hydrogen-bond donors (Lipinski definition) is 1. The van der Waals surface area contributed by atoms with Crippen LogP contribution in [0.5, 0.6) is 5.75 Å². The minimum atomic E-state index is -0.167. The zero-order valence-corrected chi connectivity index (χ0v) is 14.5. The quantitative estimate of drug-likeness (QED) is 0.864. The van der Waals surface area contributed by atoms with Gasteiger partial charge in [-0.25, -0.2) is 0 Å². The molecule has 0 aromatic heterocycles. The number of fused-ring (bicyclic) bond motifs is 1. The fraction of sp³-hybridized carbons (Fsp3) is 0.400. The number of aryl methyl sites for hydroxylation is 1. The lowest BCUT2D eigenvalue weighted by molar-refractivity contribution is 0.131. The highest BCUT2D eigenvalue weighted by molar-refractivity contribution is 5.67. The molecule has 1 heterocycles. The molecular formula is C20H26N2O. The van der Waals surface area contributed by atoms with E-state index >= 15 is 0 Å². The molecule has 0 aliphatic carbocycles. The van der Waals surface area contributed by atoms with Crippen molar-refractivity contribution in [3.8, 4) is 5.75 Å². The number of benzene rings is 2. The number of ether oxygens (including phenoxy) is 1. The van der Waals surface area contributed by atoms with Crippen LogP contribution in [-0.2, 0) is 6.42 Å². The van der Waals surface area contributed by atoms with E-state index in [0.717, 1.165) is 30.1 Å². The third-order valence-corrected chi connectivity index (χ3v) is 4.00. The van der Waals surface area contributed by atoms with Gasteiger partial charge in [0.05, 0.1) is 0 Å². The van der Waals surface area contributed by atoms with Crippen molar-refractivity contribution < 1.29 is 4.74 Å².